The first-order valence-corrected chi connectivity index (χ1v) is 8.92. The first-order valence-electron chi connectivity index (χ1n) is 8.54. The fraction of sp³-hybridized carbons (Fsp3) is 0.200. The van der Waals surface area contributed by atoms with Crippen molar-refractivity contribution < 1.29 is 0 Å². The van der Waals surface area contributed by atoms with E-state index < -0.39 is 0 Å². The lowest BCUT2D eigenvalue weighted by Crippen LogP contribution is -2.35. The van der Waals surface area contributed by atoms with E-state index in [4.69, 9.17) is 17.3 Å². The van der Waals surface area contributed by atoms with Crippen molar-refractivity contribution in [1.29, 1.82) is 0 Å². The Morgan fingerprint density at radius 3 is 2.69 bits per heavy atom. The molecule has 0 fully saturated rings. The Morgan fingerprint density at radius 2 is 1.92 bits per heavy atom. The molecule has 4 rings (SSSR count). The van der Waals surface area contributed by atoms with Gasteiger partial charge in [0.2, 0.25) is 0 Å². The van der Waals surface area contributed by atoms with E-state index in [2.05, 4.69) is 14.9 Å². The van der Waals surface area contributed by atoms with Gasteiger partial charge in [0.1, 0.15) is 5.82 Å². The van der Waals surface area contributed by atoms with Gasteiger partial charge in [0.25, 0.3) is 5.56 Å². The Bertz CT molecular complexity index is 997. The van der Waals surface area contributed by atoms with E-state index in [1.807, 2.05) is 36.4 Å². The van der Waals surface area contributed by atoms with Crippen molar-refractivity contribution >= 4 is 17.3 Å². The predicted octanol–water partition coefficient (Wildman–Crippen LogP) is 3.23. The summed E-state index contributed by atoms with van der Waals surface area (Å²) in [6.07, 6.45) is 0.742. The number of H-pyrrole nitrogens is 1. The molecule has 132 valence electrons. The standard InChI is InChI=1S/C20H19ClN4O/c21-17-4-2-1-3-14(17)11-25-10-9-18-16(12-25)20(26)24-19(23-18)13-5-7-15(22)8-6-13/h1-8H,9-12,22H2,(H,23,24,26). The molecular formula is C20H19ClN4O. The summed E-state index contributed by atoms with van der Waals surface area (Å²) in [4.78, 5) is 22.4. The number of aromatic amines is 1. The lowest BCUT2D eigenvalue weighted by molar-refractivity contribution is 0.242. The van der Waals surface area contributed by atoms with Crippen LogP contribution >= 0.6 is 11.6 Å². The lowest BCUT2D eigenvalue weighted by atomic mass is 10.1. The van der Waals surface area contributed by atoms with Gasteiger partial charge in [-0.15, -0.1) is 0 Å². The van der Waals surface area contributed by atoms with Crippen molar-refractivity contribution in [2.45, 2.75) is 19.5 Å². The Balaban J connectivity index is 1.59. The maximum atomic E-state index is 12.6. The highest BCUT2D eigenvalue weighted by molar-refractivity contribution is 6.31. The summed E-state index contributed by atoms with van der Waals surface area (Å²) in [5.74, 6) is 0.591. The largest absolute Gasteiger partial charge is 0.399 e. The summed E-state index contributed by atoms with van der Waals surface area (Å²) in [6.45, 7) is 2.14. The molecule has 0 saturated heterocycles. The zero-order valence-corrected chi connectivity index (χ0v) is 15.0. The van der Waals surface area contributed by atoms with Gasteiger partial charge >= 0.3 is 0 Å². The van der Waals surface area contributed by atoms with Crippen molar-refractivity contribution in [3.8, 4) is 11.4 Å². The summed E-state index contributed by atoms with van der Waals surface area (Å²) in [6, 6.07) is 15.2. The summed E-state index contributed by atoms with van der Waals surface area (Å²) in [5.41, 5.74) is 9.87. The maximum absolute atomic E-state index is 12.6. The smallest absolute Gasteiger partial charge is 0.255 e. The molecule has 5 nitrogen and oxygen atoms in total. The average molecular weight is 367 g/mol. The molecule has 0 unspecified atom stereocenters. The number of rotatable bonds is 3. The van der Waals surface area contributed by atoms with Crippen LogP contribution in [0.4, 0.5) is 5.69 Å². The van der Waals surface area contributed by atoms with Gasteiger partial charge in [-0.1, -0.05) is 29.8 Å². The van der Waals surface area contributed by atoms with Gasteiger partial charge in [0.15, 0.2) is 0 Å². The summed E-state index contributed by atoms with van der Waals surface area (Å²) < 4.78 is 0. The zero-order valence-electron chi connectivity index (χ0n) is 14.2. The summed E-state index contributed by atoms with van der Waals surface area (Å²) in [7, 11) is 0. The molecule has 0 spiro atoms. The second-order valence-corrected chi connectivity index (χ2v) is 6.92. The number of benzene rings is 2. The van der Waals surface area contributed by atoms with Gasteiger partial charge in [-0.05, 0) is 35.9 Å². The highest BCUT2D eigenvalue weighted by Crippen LogP contribution is 2.22. The molecule has 0 saturated carbocycles. The molecule has 2 aromatic carbocycles. The molecule has 1 aliphatic heterocycles. The second-order valence-electron chi connectivity index (χ2n) is 6.51. The van der Waals surface area contributed by atoms with E-state index in [0.29, 0.717) is 18.1 Å². The van der Waals surface area contributed by atoms with E-state index in [0.717, 1.165) is 46.9 Å². The lowest BCUT2D eigenvalue weighted by Gasteiger charge is -2.28. The minimum Gasteiger partial charge on any atom is -0.399 e. The molecule has 26 heavy (non-hydrogen) atoms. The van der Waals surface area contributed by atoms with Crippen LogP contribution in [0, 0.1) is 0 Å². The summed E-state index contributed by atoms with van der Waals surface area (Å²) >= 11 is 6.26. The third kappa shape index (κ3) is 3.36. The third-order valence-corrected chi connectivity index (χ3v) is 5.05. The number of nitrogen functional groups attached to an aromatic ring is 1. The Hall–Kier alpha value is -2.63. The third-order valence-electron chi connectivity index (χ3n) is 4.68. The van der Waals surface area contributed by atoms with E-state index in [-0.39, 0.29) is 5.56 Å². The average Bonchev–Trinajstić information content (AvgIpc) is 2.64. The van der Waals surface area contributed by atoms with Gasteiger partial charge in [-0.2, -0.15) is 0 Å². The number of hydrogen-bond donors (Lipinski definition) is 2. The van der Waals surface area contributed by atoms with Crippen LogP contribution in [0.1, 0.15) is 16.8 Å². The van der Waals surface area contributed by atoms with Crippen LogP contribution in [0.25, 0.3) is 11.4 Å². The molecule has 0 aliphatic carbocycles. The van der Waals surface area contributed by atoms with Gasteiger partial charge in [-0.25, -0.2) is 4.98 Å². The topological polar surface area (TPSA) is 75.0 Å². The zero-order chi connectivity index (χ0) is 18.1. The van der Waals surface area contributed by atoms with E-state index in [1.165, 1.54) is 0 Å². The van der Waals surface area contributed by atoms with Crippen molar-refractivity contribution in [2.75, 3.05) is 12.3 Å². The minimum absolute atomic E-state index is 0.0781. The molecule has 6 heteroatoms. The first-order chi connectivity index (χ1) is 12.6. The van der Waals surface area contributed by atoms with E-state index in [1.54, 1.807) is 12.1 Å². The van der Waals surface area contributed by atoms with Crippen molar-refractivity contribution in [1.82, 2.24) is 14.9 Å². The molecule has 1 aliphatic rings. The number of anilines is 1. The van der Waals surface area contributed by atoms with Crippen LogP contribution < -0.4 is 11.3 Å². The van der Waals surface area contributed by atoms with Crippen LogP contribution in [0.2, 0.25) is 5.02 Å². The van der Waals surface area contributed by atoms with Gasteiger partial charge in [-0.3, -0.25) is 9.69 Å². The number of nitrogens with one attached hydrogen (secondary N) is 1. The minimum atomic E-state index is -0.0781. The fourth-order valence-electron chi connectivity index (χ4n) is 3.26. The normalized spacial score (nSPS) is 14.2. The highest BCUT2D eigenvalue weighted by atomic mass is 35.5. The number of nitrogens with zero attached hydrogens (tertiary/aromatic N) is 2. The summed E-state index contributed by atoms with van der Waals surface area (Å²) in [5, 5.41) is 0.754. The van der Waals surface area contributed by atoms with Crippen LogP contribution in [0.5, 0.6) is 0 Å². The molecule has 1 aromatic heterocycles. The molecule has 2 heterocycles. The van der Waals surface area contributed by atoms with Gasteiger partial charge in [0.05, 0.1) is 11.3 Å². The van der Waals surface area contributed by atoms with E-state index >= 15 is 0 Å². The number of halogens is 1. The SMILES string of the molecule is Nc1ccc(-c2nc3c(c(=O)[nH]2)CN(Cc2ccccc2Cl)CC3)cc1. The number of nitrogens with two attached hydrogens (primary N) is 1. The molecule has 3 aromatic rings. The van der Waals surface area contributed by atoms with Crippen LogP contribution in [0.3, 0.4) is 0 Å². The highest BCUT2D eigenvalue weighted by Gasteiger charge is 2.22. The second kappa shape index (κ2) is 6.94. The van der Waals surface area contributed by atoms with Crippen molar-refractivity contribution in [3.63, 3.8) is 0 Å². The maximum Gasteiger partial charge on any atom is 0.255 e. The monoisotopic (exact) mass is 366 g/mol. The fourth-order valence-corrected chi connectivity index (χ4v) is 3.46. The van der Waals surface area contributed by atoms with Crippen LogP contribution in [-0.4, -0.2) is 21.4 Å². The molecule has 3 N–H and O–H groups in total. The molecule has 0 atom stereocenters. The Kier molecular flexibility index (Phi) is 4.49. The van der Waals surface area contributed by atoms with Gasteiger partial charge in [0, 0.05) is 42.3 Å². The van der Waals surface area contributed by atoms with Crippen molar-refractivity contribution in [2.24, 2.45) is 0 Å². The molecule has 0 amide bonds. The molecular weight excluding hydrogens is 348 g/mol. The molecule has 0 bridgehead atoms. The quantitative estimate of drug-likeness (QED) is 0.698. The first kappa shape index (κ1) is 16.8. The Morgan fingerprint density at radius 1 is 1.15 bits per heavy atom. The van der Waals surface area contributed by atoms with E-state index in [9.17, 15) is 4.79 Å². The van der Waals surface area contributed by atoms with Gasteiger partial charge < -0.3 is 10.7 Å². The number of hydrogen-bond acceptors (Lipinski definition) is 4. The van der Waals surface area contributed by atoms with Crippen molar-refractivity contribution in [3.05, 3.63) is 80.7 Å². The predicted molar refractivity (Wildman–Crippen MR) is 104 cm³/mol. The van der Waals surface area contributed by atoms with Crippen LogP contribution in [0.15, 0.2) is 53.3 Å². The van der Waals surface area contributed by atoms with Crippen LogP contribution in [-0.2, 0) is 19.5 Å². The molecule has 0 radical (unpaired) electrons. The Labute approximate surface area is 156 Å². The number of fused-ring (bicyclic) bond motifs is 1. The number of aromatic nitrogens is 2.